The molecule has 0 radical (unpaired) electrons. The summed E-state index contributed by atoms with van der Waals surface area (Å²) in [6, 6.07) is 10.3. The second kappa shape index (κ2) is 9.44. The van der Waals surface area contributed by atoms with Crippen molar-refractivity contribution in [2.24, 2.45) is 0 Å². The van der Waals surface area contributed by atoms with Gasteiger partial charge in [0.05, 0.1) is 0 Å². The monoisotopic (exact) mass is 312 g/mol. The summed E-state index contributed by atoms with van der Waals surface area (Å²) in [4.78, 5) is 0. The van der Waals surface area contributed by atoms with E-state index >= 15 is 0 Å². The van der Waals surface area contributed by atoms with Gasteiger partial charge in [-0.3, -0.25) is 0 Å². The van der Waals surface area contributed by atoms with Crippen LogP contribution in [0.4, 0.5) is 11.4 Å². The minimum absolute atomic E-state index is 0.809. The smallest absolute Gasteiger partial charge is 0.0427 e. The van der Waals surface area contributed by atoms with E-state index in [0.29, 0.717) is 0 Å². The van der Waals surface area contributed by atoms with Crippen molar-refractivity contribution in [3.8, 4) is 0 Å². The highest BCUT2D eigenvalue weighted by Crippen LogP contribution is 2.29. The third-order valence-electron chi connectivity index (χ3n) is 4.78. The number of nitrogen functional groups attached to an aromatic ring is 2. The average Bonchev–Trinajstić information content (AvgIpc) is 2.56. The molecule has 0 aliphatic heterocycles. The topological polar surface area (TPSA) is 52.0 Å². The lowest BCUT2D eigenvalue weighted by Crippen LogP contribution is -1.97. The molecule has 23 heavy (non-hydrogen) atoms. The molecule has 2 heteroatoms. The van der Waals surface area contributed by atoms with Crippen molar-refractivity contribution in [3.05, 3.63) is 35.9 Å². The van der Waals surface area contributed by atoms with Gasteiger partial charge in [0.25, 0.3) is 0 Å². The minimum atomic E-state index is 0.809. The van der Waals surface area contributed by atoms with E-state index in [1.54, 1.807) is 0 Å². The van der Waals surface area contributed by atoms with Gasteiger partial charge in [0, 0.05) is 22.1 Å². The first-order valence-electron chi connectivity index (χ1n) is 9.29. The van der Waals surface area contributed by atoms with E-state index in [2.05, 4.69) is 25.1 Å². The van der Waals surface area contributed by atoms with Crippen LogP contribution < -0.4 is 11.5 Å². The highest BCUT2D eigenvalue weighted by Gasteiger charge is 2.06. The Labute approximate surface area is 141 Å². The summed E-state index contributed by atoms with van der Waals surface area (Å²) < 4.78 is 0. The van der Waals surface area contributed by atoms with Crippen LogP contribution in [0.2, 0.25) is 0 Å². The van der Waals surface area contributed by atoms with Gasteiger partial charge in [-0.25, -0.2) is 0 Å². The minimum Gasteiger partial charge on any atom is -0.398 e. The highest BCUT2D eigenvalue weighted by atomic mass is 14.6. The summed E-state index contributed by atoms with van der Waals surface area (Å²) in [5.74, 6) is 0. The predicted molar refractivity (Wildman–Crippen MR) is 104 cm³/mol. The Hall–Kier alpha value is -1.70. The molecule has 126 valence electrons. The van der Waals surface area contributed by atoms with Crippen molar-refractivity contribution in [1.29, 1.82) is 0 Å². The molecule has 2 nitrogen and oxygen atoms in total. The van der Waals surface area contributed by atoms with E-state index in [4.69, 9.17) is 11.5 Å². The van der Waals surface area contributed by atoms with Crippen molar-refractivity contribution in [2.75, 3.05) is 11.5 Å². The van der Waals surface area contributed by atoms with Crippen molar-refractivity contribution in [2.45, 2.75) is 71.1 Å². The van der Waals surface area contributed by atoms with Gasteiger partial charge in [-0.15, -0.1) is 0 Å². The third-order valence-corrected chi connectivity index (χ3v) is 4.78. The van der Waals surface area contributed by atoms with Crippen molar-refractivity contribution >= 4 is 22.1 Å². The van der Waals surface area contributed by atoms with E-state index in [1.807, 2.05) is 12.1 Å². The summed E-state index contributed by atoms with van der Waals surface area (Å²) in [6.07, 6.45) is 13.3. The summed E-state index contributed by atoms with van der Waals surface area (Å²) in [5.41, 5.74) is 15.3. The zero-order valence-corrected chi connectivity index (χ0v) is 14.6. The number of nitrogens with two attached hydrogens (primary N) is 2. The first kappa shape index (κ1) is 17.7. The normalized spacial score (nSPS) is 11.2. The highest BCUT2D eigenvalue weighted by molar-refractivity contribution is 6.01. The zero-order valence-electron chi connectivity index (χ0n) is 14.6. The Morgan fingerprint density at radius 2 is 1.35 bits per heavy atom. The summed E-state index contributed by atoms with van der Waals surface area (Å²) in [7, 11) is 0. The maximum atomic E-state index is 6.34. The SMILES string of the molecule is CCCCCCCCCCCc1ccc2c(N)cccc2c1N. The van der Waals surface area contributed by atoms with Crippen LogP contribution in [0.15, 0.2) is 30.3 Å². The van der Waals surface area contributed by atoms with Gasteiger partial charge >= 0.3 is 0 Å². The van der Waals surface area contributed by atoms with Crippen molar-refractivity contribution in [1.82, 2.24) is 0 Å². The summed E-state index contributed by atoms with van der Waals surface area (Å²) in [6.45, 7) is 2.27. The molecular weight excluding hydrogens is 280 g/mol. The number of fused-ring (bicyclic) bond motifs is 1. The molecule has 0 unspecified atom stereocenters. The molecule has 0 aromatic heterocycles. The molecule has 0 bridgehead atoms. The second-order valence-electron chi connectivity index (χ2n) is 6.66. The number of rotatable bonds is 10. The molecule has 0 amide bonds. The Morgan fingerprint density at radius 1 is 0.696 bits per heavy atom. The number of hydrogen-bond acceptors (Lipinski definition) is 2. The first-order chi connectivity index (χ1) is 11.2. The number of aryl methyl sites for hydroxylation is 1. The van der Waals surface area contributed by atoms with Gasteiger partial charge in [0.2, 0.25) is 0 Å². The molecule has 0 spiro atoms. The van der Waals surface area contributed by atoms with Crippen LogP contribution >= 0.6 is 0 Å². The van der Waals surface area contributed by atoms with Crippen LogP contribution in [0, 0.1) is 0 Å². The third kappa shape index (κ3) is 5.16. The van der Waals surface area contributed by atoms with E-state index in [9.17, 15) is 0 Å². The Morgan fingerprint density at radius 3 is 2.04 bits per heavy atom. The lowest BCUT2D eigenvalue weighted by atomic mass is 9.98. The molecule has 0 saturated heterocycles. The molecule has 0 aliphatic carbocycles. The van der Waals surface area contributed by atoms with Gasteiger partial charge in [-0.2, -0.15) is 0 Å². The number of anilines is 2. The van der Waals surface area contributed by atoms with Crippen LogP contribution in [0.1, 0.15) is 70.3 Å². The fourth-order valence-electron chi connectivity index (χ4n) is 3.29. The van der Waals surface area contributed by atoms with Gasteiger partial charge < -0.3 is 11.5 Å². The Kier molecular flexibility index (Phi) is 7.25. The van der Waals surface area contributed by atoms with E-state index in [1.165, 1.54) is 63.4 Å². The van der Waals surface area contributed by atoms with Gasteiger partial charge in [-0.1, -0.05) is 82.6 Å². The summed E-state index contributed by atoms with van der Waals surface area (Å²) >= 11 is 0. The standard InChI is InChI=1S/C21H32N2/c1-2-3-4-5-6-7-8-9-10-12-17-15-16-18-19(21(17)23)13-11-14-20(18)22/h11,13-16H,2-10,12,22-23H2,1H3. The maximum Gasteiger partial charge on any atom is 0.0427 e. The number of benzene rings is 2. The van der Waals surface area contributed by atoms with Crippen LogP contribution in [0.3, 0.4) is 0 Å². The average molecular weight is 313 g/mol. The Bertz CT molecular complexity index is 604. The van der Waals surface area contributed by atoms with Crippen LogP contribution in [0.25, 0.3) is 10.8 Å². The lowest BCUT2D eigenvalue weighted by Gasteiger charge is -2.10. The molecule has 0 atom stereocenters. The fourth-order valence-corrected chi connectivity index (χ4v) is 3.29. The van der Waals surface area contributed by atoms with E-state index in [-0.39, 0.29) is 0 Å². The van der Waals surface area contributed by atoms with Gasteiger partial charge in [-0.05, 0) is 24.5 Å². The lowest BCUT2D eigenvalue weighted by molar-refractivity contribution is 0.565. The molecule has 0 heterocycles. The van der Waals surface area contributed by atoms with E-state index in [0.717, 1.165) is 28.6 Å². The molecule has 2 rings (SSSR count). The van der Waals surface area contributed by atoms with Crippen molar-refractivity contribution < 1.29 is 0 Å². The largest absolute Gasteiger partial charge is 0.398 e. The predicted octanol–water partition coefficient (Wildman–Crippen LogP) is 6.08. The maximum absolute atomic E-state index is 6.34. The molecule has 4 N–H and O–H groups in total. The van der Waals surface area contributed by atoms with Crippen LogP contribution in [-0.2, 0) is 6.42 Å². The Balaban J connectivity index is 1.74. The molecule has 0 aliphatic rings. The van der Waals surface area contributed by atoms with Crippen LogP contribution in [-0.4, -0.2) is 0 Å². The molecule has 0 fully saturated rings. The summed E-state index contributed by atoms with van der Waals surface area (Å²) in [5, 5.41) is 2.17. The zero-order chi connectivity index (χ0) is 16.5. The van der Waals surface area contributed by atoms with Crippen LogP contribution in [0.5, 0.6) is 0 Å². The van der Waals surface area contributed by atoms with Gasteiger partial charge in [0.15, 0.2) is 0 Å². The fraction of sp³-hybridized carbons (Fsp3) is 0.524. The molecule has 2 aromatic carbocycles. The van der Waals surface area contributed by atoms with Gasteiger partial charge in [0.1, 0.15) is 0 Å². The molecule has 2 aromatic rings. The second-order valence-corrected chi connectivity index (χ2v) is 6.66. The number of hydrogen-bond donors (Lipinski definition) is 2. The molecular formula is C21H32N2. The molecule has 0 saturated carbocycles. The van der Waals surface area contributed by atoms with Crippen molar-refractivity contribution in [3.63, 3.8) is 0 Å². The van der Waals surface area contributed by atoms with E-state index < -0.39 is 0 Å². The number of unbranched alkanes of at least 4 members (excludes halogenated alkanes) is 8. The first-order valence-corrected chi connectivity index (χ1v) is 9.29. The quantitative estimate of drug-likeness (QED) is 0.413.